The fraction of sp³-hybridized carbons (Fsp3) is 0.333. The first-order chi connectivity index (χ1) is 11.1. The van der Waals surface area contributed by atoms with Crippen LogP contribution in [-0.4, -0.2) is 40.4 Å². The molecular formula is C15H15F2N5O. The molecule has 23 heavy (non-hydrogen) atoms. The number of fused-ring (bicyclic) bond motifs is 1. The van der Waals surface area contributed by atoms with Gasteiger partial charge in [-0.3, -0.25) is 0 Å². The van der Waals surface area contributed by atoms with E-state index in [0.717, 1.165) is 19.2 Å². The standard InChI is InChI=1S/C15H15F2N5O/c1-9-8-18-4-6-21(9)15-20-13-12(17)10(16)7-11(14(13)23-15)22-5-2-3-19-22/h2-3,5,7,9,18H,4,6,8H2,1H3. The summed E-state index contributed by atoms with van der Waals surface area (Å²) in [4.78, 5) is 6.14. The van der Waals surface area contributed by atoms with Crippen molar-refractivity contribution in [2.75, 3.05) is 24.5 Å². The van der Waals surface area contributed by atoms with Gasteiger partial charge in [0.15, 0.2) is 22.7 Å². The van der Waals surface area contributed by atoms with Crippen LogP contribution >= 0.6 is 0 Å². The average Bonchev–Trinajstić information content (AvgIpc) is 3.21. The molecule has 120 valence electrons. The topological polar surface area (TPSA) is 59.1 Å². The minimum absolute atomic E-state index is 0.115. The SMILES string of the molecule is CC1CNCCN1c1nc2c(F)c(F)cc(-n3cccn3)c2o1. The Labute approximate surface area is 130 Å². The number of oxazole rings is 1. The van der Waals surface area contributed by atoms with E-state index in [4.69, 9.17) is 4.42 Å². The van der Waals surface area contributed by atoms with Crippen molar-refractivity contribution in [1.29, 1.82) is 0 Å². The quantitative estimate of drug-likeness (QED) is 0.784. The van der Waals surface area contributed by atoms with Crippen LogP contribution in [0.3, 0.4) is 0 Å². The van der Waals surface area contributed by atoms with Crippen LogP contribution < -0.4 is 10.2 Å². The number of benzene rings is 1. The van der Waals surface area contributed by atoms with Crippen LogP contribution in [0, 0.1) is 11.6 Å². The highest BCUT2D eigenvalue weighted by Crippen LogP contribution is 2.31. The zero-order valence-electron chi connectivity index (χ0n) is 12.5. The maximum atomic E-state index is 14.1. The van der Waals surface area contributed by atoms with Crippen molar-refractivity contribution in [3.05, 3.63) is 36.2 Å². The maximum absolute atomic E-state index is 14.1. The number of piperazine rings is 1. The summed E-state index contributed by atoms with van der Waals surface area (Å²) in [6.07, 6.45) is 3.20. The Kier molecular flexibility index (Phi) is 3.26. The highest BCUT2D eigenvalue weighted by atomic mass is 19.2. The summed E-state index contributed by atoms with van der Waals surface area (Å²) >= 11 is 0. The number of nitrogens with one attached hydrogen (secondary N) is 1. The molecule has 1 unspecified atom stereocenters. The van der Waals surface area contributed by atoms with Crippen LogP contribution in [0.4, 0.5) is 14.8 Å². The van der Waals surface area contributed by atoms with Gasteiger partial charge in [-0.25, -0.2) is 13.5 Å². The highest BCUT2D eigenvalue weighted by Gasteiger charge is 2.26. The van der Waals surface area contributed by atoms with Crippen LogP contribution in [0.25, 0.3) is 16.8 Å². The maximum Gasteiger partial charge on any atom is 0.298 e. The second kappa shape index (κ2) is 5.31. The number of anilines is 1. The molecule has 2 aromatic heterocycles. The van der Waals surface area contributed by atoms with Crippen molar-refractivity contribution < 1.29 is 13.2 Å². The Bertz CT molecular complexity index is 845. The molecule has 0 bridgehead atoms. The number of aromatic nitrogens is 3. The van der Waals surface area contributed by atoms with Gasteiger partial charge in [0.2, 0.25) is 0 Å². The fourth-order valence-corrected chi connectivity index (χ4v) is 2.82. The molecule has 1 aromatic carbocycles. The summed E-state index contributed by atoms with van der Waals surface area (Å²) in [6, 6.07) is 3.22. The second-order valence-corrected chi connectivity index (χ2v) is 5.56. The lowest BCUT2D eigenvalue weighted by atomic mass is 10.2. The lowest BCUT2D eigenvalue weighted by Gasteiger charge is -2.32. The van der Waals surface area contributed by atoms with Crippen molar-refractivity contribution in [2.24, 2.45) is 0 Å². The third-order valence-electron chi connectivity index (χ3n) is 4.03. The third-order valence-corrected chi connectivity index (χ3v) is 4.03. The molecule has 0 radical (unpaired) electrons. The van der Waals surface area contributed by atoms with Crippen LogP contribution in [0.15, 0.2) is 28.9 Å². The molecule has 0 aliphatic carbocycles. The van der Waals surface area contributed by atoms with Crippen molar-refractivity contribution >= 4 is 17.1 Å². The third kappa shape index (κ3) is 2.26. The van der Waals surface area contributed by atoms with Crippen LogP contribution in [-0.2, 0) is 0 Å². The zero-order chi connectivity index (χ0) is 16.0. The summed E-state index contributed by atoms with van der Waals surface area (Å²) in [5.74, 6) is -1.98. The molecule has 6 nitrogen and oxygen atoms in total. The Morgan fingerprint density at radius 1 is 1.39 bits per heavy atom. The number of nitrogens with zero attached hydrogens (tertiary/aromatic N) is 4. The van der Waals surface area contributed by atoms with E-state index in [2.05, 4.69) is 15.4 Å². The smallest absolute Gasteiger partial charge is 0.298 e. The molecule has 3 heterocycles. The van der Waals surface area contributed by atoms with E-state index >= 15 is 0 Å². The first kappa shape index (κ1) is 14.1. The molecule has 1 fully saturated rings. The van der Waals surface area contributed by atoms with E-state index in [1.807, 2.05) is 11.8 Å². The first-order valence-corrected chi connectivity index (χ1v) is 7.41. The number of rotatable bonds is 2. The van der Waals surface area contributed by atoms with Gasteiger partial charge in [0.25, 0.3) is 6.01 Å². The van der Waals surface area contributed by atoms with Crippen LogP contribution in [0.5, 0.6) is 0 Å². The Morgan fingerprint density at radius 2 is 2.26 bits per heavy atom. The summed E-state index contributed by atoms with van der Waals surface area (Å²) < 4.78 is 35.3. The predicted molar refractivity (Wildman–Crippen MR) is 80.7 cm³/mol. The van der Waals surface area contributed by atoms with Gasteiger partial charge in [-0.15, -0.1) is 0 Å². The fourth-order valence-electron chi connectivity index (χ4n) is 2.82. The number of hydrogen-bond acceptors (Lipinski definition) is 5. The molecule has 0 spiro atoms. The van der Waals surface area contributed by atoms with E-state index < -0.39 is 11.6 Å². The molecule has 1 N–H and O–H groups in total. The predicted octanol–water partition coefficient (Wildman–Crippen LogP) is 2.09. The van der Waals surface area contributed by atoms with E-state index in [-0.39, 0.29) is 17.1 Å². The van der Waals surface area contributed by atoms with Gasteiger partial charge in [-0.2, -0.15) is 10.1 Å². The molecule has 4 rings (SSSR count). The average molecular weight is 319 g/mol. The lowest BCUT2D eigenvalue weighted by Crippen LogP contribution is -2.50. The summed E-state index contributed by atoms with van der Waals surface area (Å²) in [6.45, 7) is 4.27. The van der Waals surface area contributed by atoms with Gasteiger partial charge in [0, 0.05) is 44.1 Å². The van der Waals surface area contributed by atoms with Crippen molar-refractivity contribution in [1.82, 2.24) is 20.1 Å². The molecule has 1 aliphatic heterocycles. The minimum Gasteiger partial charge on any atom is -0.421 e. The molecule has 0 amide bonds. The molecule has 1 aliphatic rings. The first-order valence-electron chi connectivity index (χ1n) is 7.41. The van der Waals surface area contributed by atoms with E-state index in [9.17, 15) is 8.78 Å². The molecule has 1 atom stereocenters. The van der Waals surface area contributed by atoms with Crippen molar-refractivity contribution in [2.45, 2.75) is 13.0 Å². The van der Waals surface area contributed by atoms with E-state index in [0.29, 0.717) is 18.2 Å². The molecule has 3 aromatic rings. The monoisotopic (exact) mass is 319 g/mol. The summed E-state index contributed by atoms with van der Waals surface area (Å²) in [5, 5.41) is 7.32. The van der Waals surface area contributed by atoms with Gasteiger partial charge in [0.1, 0.15) is 5.69 Å². The largest absolute Gasteiger partial charge is 0.421 e. The number of halogens is 2. The van der Waals surface area contributed by atoms with E-state index in [1.54, 1.807) is 18.5 Å². The molecule has 0 saturated carbocycles. The molecular weight excluding hydrogens is 304 g/mol. The van der Waals surface area contributed by atoms with Gasteiger partial charge in [-0.1, -0.05) is 0 Å². The summed E-state index contributed by atoms with van der Waals surface area (Å²) in [7, 11) is 0. The van der Waals surface area contributed by atoms with Crippen molar-refractivity contribution in [3.8, 4) is 5.69 Å². The highest BCUT2D eigenvalue weighted by molar-refractivity contribution is 5.83. The Balaban J connectivity index is 1.90. The van der Waals surface area contributed by atoms with Crippen LogP contribution in [0.2, 0.25) is 0 Å². The zero-order valence-corrected chi connectivity index (χ0v) is 12.5. The summed E-state index contributed by atoms with van der Waals surface area (Å²) in [5.41, 5.74) is 0.398. The molecule has 8 heteroatoms. The van der Waals surface area contributed by atoms with Gasteiger partial charge in [-0.05, 0) is 13.0 Å². The minimum atomic E-state index is -1.01. The van der Waals surface area contributed by atoms with Gasteiger partial charge < -0.3 is 14.6 Å². The molecule has 1 saturated heterocycles. The Hall–Kier alpha value is -2.48. The Morgan fingerprint density at radius 3 is 3.00 bits per heavy atom. The lowest BCUT2D eigenvalue weighted by molar-refractivity contribution is 0.455. The number of hydrogen-bond donors (Lipinski definition) is 1. The van der Waals surface area contributed by atoms with Gasteiger partial charge >= 0.3 is 0 Å². The van der Waals surface area contributed by atoms with Gasteiger partial charge in [0.05, 0.1) is 0 Å². The van der Waals surface area contributed by atoms with Crippen molar-refractivity contribution in [3.63, 3.8) is 0 Å². The van der Waals surface area contributed by atoms with E-state index in [1.165, 1.54) is 4.68 Å². The normalized spacial score (nSPS) is 18.7. The van der Waals surface area contributed by atoms with Crippen LogP contribution in [0.1, 0.15) is 6.92 Å². The second-order valence-electron chi connectivity index (χ2n) is 5.56.